The van der Waals surface area contributed by atoms with Gasteiger partial charge in [0.25, 0.3) is 0 Å². The standard InChI is InChI=1S/C10H16N2O3/c11-5-4-8(13)10(15)6-2-1-3-7(12)9(6)14/h1-3,8,10,13-15H,4-5,11-12H2. The number of rotatable bonds is 4. The van der Waals surface area contributed by atoms with Gasteiger partial charge in [0.15, 0.2) is 0 Å². The molecule has 0 heterocycles. The van der Waals surface area contributed by atoms with E-state index in [4.69, 9.17) is 11.5 Å². The number of anilines is 1. The molecule has 7 N–H and O–H groups in total. The number of phenols is 1. The largest absolute Gasteiger partial charge is 0.505 e. The number of hydrogen-bond donors (Lipinski definition) is 5. The van der Waals surface area contributed by atoms with Crippen LogP contribution in [0.15, 0.2) is 18.2 Å². The van der Waals surface area contributed by atoms with Gasteiger partial charge in [-0.3, -0.25) is 0 Å². The van der Waals surface area contributed by atoms with Crippen LogP contribution in [0, 0.1) is 0 Å². The van der Waals surface area contributed by atoms with Crippen molar-refractivity contribution in [3.8, 4) is 5.75 Å². The van der Waals surface area contributed by atoms with Gasteiger partial charge in [-0.05, 0) is 19.0 Å². The number of aliphatic hydroxyl groups is 2. The fraction of sp³-hybridized carbons (Fsp3) is 0.400. The number of aromatic hydroxyl groups is 1. The minimum absolute atomic E-state index is 0.173. The fourth-order valence-corrected chi connectivity index (χ4v) is 1.35. The van der Waals surface area contributed by atoms with Crippen molar-refractivity contribution in [2.75, 3.05) is 12.3 Å². The predicted molar refractivity (Wildman–Crippen MR) is 57.2 cm³/mol. The molecule has 0 amide bonds. The molecule has 0 bridgehead atoms. The van der Waals surface area contributed by atoms with Crippen LogP contribution in [-0.4, -0.2) is 28.0 Å². The van der Waals surface area contributed by atoms with E-state index in [1.165, 1.54) is 12.1 Å². The van der Waals surface area contributed by atoms with Crippen LogP contribution < -0.4 is 11.5 Å². The van der Waals surface area contributed by atoms with Gasteiger partial charge in [0, 0.05) is 5.56 Å². The molecule has 0 aliphatic heterocycles. The molecule has 15 heavy (non-hydrogen) atoms. The maximum Gasteiger partial charge on any atom is 0.144 e. The smallest absolute Gasteiger partial charge is 0.144 e. The second-order valence-corrected chi connectivity index (χ2v) is 3.37. The lowest BCUT2D eigenvalue weighted by atomic mass is 10.0. The van der Waals surface area contributed by atoms with Gasteiger partial charge in [-0.1, -0.05) is 12.1 Å². The first kappa shape index (κ1) is 11.8. The third kappa shape index (κ3) is 2.59. The lowest BCUT2D eigenvalue weighted by Gasteiger charge is -2.18. The number of para-hydroxylation sites is 1. The summed E-state index contributed by atoms with van der Waals surface area (Å²) in [7, 11) is 0. The summed E-state index contributed by atoms with van der Waals surface area (Å²) in [5.74, 6) is -0.193. The van der Waals surface area contributed by atoms with Crippen molar-refractivity contribution in [3.05, 3.63) is 23.8 Å². The van der Waals surface area contributed by atoms with E-state index in [2.05, 4.69) is 0 Å². The molecule has 5 nitrogen and oxygen atoms in total. The summed E-state index contributed by atoms with van der Waals surface area (Å²) in [5.41, 5.74) is 11.1. The maximum atomic E-state index is 9.70. The Bertz CT molecular complexity index is 330. The van der Waals surface area contributed by atoms with Gasteiger partial charge >= 0.3 is 0 Å². The van der Waals surface area contributed by atoms with Crippen molar-refractivity contribution in [1.82, 2.24) is 0 Å². The molecule has 1 aromatic rings. The van der Waals surface area contributed by atoms with Crippen LogP contribution in [0.25, 0.3) is 0 Å². The molecule has 1 aromatic carbocycles. The van der Waals surface area contributed by atoms with E-state index in [9.17, 15) is 15.3 Å². The lowest BCUT2D eigenvalue weighted by molar-refractivity contribution is 0.0138. The van der Waals surface area contributed by atoms with Gasteiger partial charge in [0.1, 0.15) is 11.9 Å². The van der Waals surface area contributed by atoms with Gasteiger partial charge < -0.3 is 26.8 Å². The summed E-state index contributed by atoms with van der Waals surface area (Å²) >= 11 is 0. The average Bonchev–Trinajstić information content (AvgIpc) is 2.21. The summed E-state index contributed by atoms with van der Waals surface area (Å²) in [6.07, 6.45) is -1.91. The monoisotopic (exact) mass is 212 g/mol. The molecule has 0 saturated heterocycles. The Morgan fingerprint density at radius 1 is 1.27 bits per heavy atom. The van der Waals surface area contributed by atoms with Crippen LogP contribution >= 0.6 is 0 Å². The molecule has 5 heteroatoms. The molecule has 2 unspecified atom stereocenters. The molecular weight excluding hydrogens is 196 g/mol. The molecule has 0 spiro atoms. The third-order valence-electron chi connectivity index (χ3n) is 2.24. The van der Waals surface area contributed by atoms with Gasteiger partial charge in [0.05, 0.1) is 11.8 Å². The van der Waals surface area contributed by atoms with Crippen LogP contribution in [0.2, 0.25) is 0 Å². The van der Waals surface area contributed by atoms with Crippen LogP contribution in [0.4, 0.5) is 5.69 Å². The highest BCUT2D eigenvalue weighted by Crippen LogP contribution is 2.31. The number of nitrogen functional groups attached to an aromatic ring is 1. The van der Waals surface area contributed by atoms with Crippen molar-refractivity contribution >= 4 is 5.69 Å². The topological polar surface area (TPSA) is 113 Å². The van der Waals surface area contributed by atoms with Crippen LogP contribution in [0.5, 0.6) is 5.75 Å². The Morgan fingerprint density at radius 3 is 2.53 bits per heavy atom. The molecule has 0 fully saturated rings. The highest BCUT2D eigenvalue weighted by atomic mass is 16.3. The molecule has 2 atom stereocenters. The van der Waals surface area contributed by atoms with Crippen LogP contribution in [0.1, 0.15) is 18.1 Å². The summed E-state index contributed by atoms with van der Waals surface area (Å²) in [5, 5.41) is 28.8. The molecule has 84 valence electrons. The van der Waals surface area contributed by atoms with E-state index >= 15 is 0 Å². The fourth-order valence-electron chi connectivity index (χ4n) is 1.35. The number of aliphatic hydroxyl groups excluding tert-OH is 2. The Kier molecular flexibility index (Phi) is 3.90. The zero-order valence-corrected chi connectivity index (χ0v) is 8.30. The van der Waals surface area contributed by atoms with Crippen LogP contribution in [-0.2, 0) is 0 Å². The molecule has 0 saturated carbocycles. The van der Waals surface area contributed by atoms with Crippen molar-refractivity contribution in [1.29, 1.82) is 0 Å². The molecule has 0 aromatic heterocycles. The average molecular weight is 212 g/mol. The SMILES string of the molecule is NCCC(O)C(O)c1cccc(N)c1O. The van der Waals surface area contributed by atoms with Crippen molar-refractivity contribution in [2.24, 2.45) is 5.73 Å². The zero-order valence-electron chi connectivity index (χ0n) is 8.30. The normalized spacial score (nSPS) is 14.9. The van der Waals surface area contributed by atoms with E-state index in [0.717, 1.165) is 0 Å². The maximum absolute atomic E-state index is 9.70. The Labute approximate surface area is 88.0 Å². The predicted octanol–water partition coefficient (Wildman–Crippen LogP) is -0.283. The molecule has 0 aliphatic rings. The molecule has 0 radical (unpaired) electrons. The van der Waals surface area contributed by atoms with Gasteiger partial charge in [0.2, 0.25) is 0 Å². The minimum Gasteiger partial charge on any atom is -0.505 e. The quantitative estimate of drug-likeness (QED) is 0.348. The van der Waals surface area contributed by atoms with Gasteiger partial charge in [-0.25, -0.2) is 0 Å². The summed E-state index contributed by atoms with van der Waals surface area (Å²) < 4.78 is 0. The highest BCUT2D eigenvalue weighted by Gasteiger charge is 2.21. The second-order valence-electron chi connectivity index (χ2n) is 3.37. The van der Waals surface area contributed by atoms with E-state index in [-0.39, 0.29) is 30.0 Å². The number of nitrogens with two attached hydrogens (primary N) is 2. The second kappa shape index (κ2) is 4.97. The zero-order chi connectivity index (χ0) is 11.4. The van der Waals surface area contributed by atoms with E-state index in [1.54, 1.807) is 6.07 Å². The molecular formula is C10H16N2O3. The first-order valence-corrected chi connectivity index (χ1v) is 4.71. The van der Waals surface area contributed by atoms with Crippen LogP contribution in [0.3, 0.4) is 0 Å². The Hall–Kier alpha value is -1.30. The molecule has 0 aliphatic carbocycles. The number of hydrogen-bond acceptors (Lipinski definition) is 5. The lowest BCUT2D eigenvalue weighted by Crippen LogP contribution is -2.21. The summed E-state index contributed by atoms with van der Waals surface area (Å²) in [6.45, 7) is 0.265. The molecule has 1 rings (SSSR count). The first-order valence-electron chi connectivity index (χ1n) is 4.71. The van der Waals surface area contributed by atoms with Crippen molar-refractivity contribution in [3.63, 3.8) is 0 Å². The Morgan fingerprint density at radius 2 is 1.93 bits per heavy atom. The third-order valence-corrected chi connectivity index (χ3v) is 2.24. The van der Waals surface area contributed by atoms with Gasteiger partial charge in [-0.15, -0.1) is 0 Å². The summed E-state index contributed by atoms with van der Waals surface area (Å²) in [4.78, 5) is 0. The first-order chi connectivity index (χ1) is 7.07. The van der Waals surface area contributed by atoms with E-state index in [1.807, 2.05) is 0 Å². The number of phenolic OH excluding ortho intramolecular Hbond substituents is 1. The van der Waals surface area contributed by atoms with E-state index < -0.39 is 12.2 Å². The van der Waals surface area contributed by atoms with Gasteiger partial charge in [-0.2, -0.15) is 0 Å². The van der Waals surface area contributed by atoms with E-state index in [0.29, 0.717) is 0 Å². The minimum atomic E-state index is -1.17. The summed E-state index contributed by atoms with van der Waals surface area (Å²) in [6, 6.07) is 4.62. The highest BCUT2D eigenvalue weighted by molar-refractivity contribution is 5.56. The number of benzene rings is 1. The Balaban J connectivity index is 2.90. The van der Waals surface area contributed by atoms with Crippen molar-refractivity contribution < 1.29 is 15.3 Å². The van der Waals surface area contributed by atoms with Crippen molar-refractivity contribution in [2.45, 2.75) is 18.6 Å².